The van der Waals surface area contributed by atoms with Crippen LogP contribution in [0.2, 0.25) is 5.02 Å². The number of esters is 1. The van der Waals surface area contributed by atoms with Gasteiger partial charge in [0.15, 0.2) is 5.78 Å². The van der Waals surface area contributed by atoms with Crippen LogP contribution in [-0.4, -0.2) is 18.4 Å². The van der Waals surface area contributed by atoms with E-state index in [0.717, 1.165) is 29.8 Å². The van der Waals surface area contributed by atoms with Gasteiger partial charge in [0, 0.05) is 28.4 Å². The summed E-state index contributed by atoms with van der Waals surface area (Å²) in [7, 11) is 0. The molecular formula is C26H27ClN2O3. The molecular weight excluding hydrogens is 424 g/mol. The fourth-order valence-electron chi connectivity index (χ4n) is 4.56. The molecule has 2 aliphatic rings. The van der Waals surface area contributed by atoms with Gasteiger partial charge in [0.2, 0.25) is 0 Å². The Morgan fingerprint density at radius 3 is 2.41 bits per heavy atom. The van der Waals surface area contributed by atoms with Crippen molar-refractivity contribution in [2.45, 2.75) is 45.4 Å². The van der Waals surface area contributed by atoms with Crippen molar-refractivity contribution in [1.29, 1.82) is 0 Å². The van der Waals surface area contributed by atoms with Gasteiger partial charge in [-0.1, -0.05) is 42.8 Å². The zero-order valence-corrected chi connectivity index (χ0v) is 19.1. The highest BCUT2D eigenvalue weighted by atomic mass is 35.5. The normalized spacial score (nSPS) is 18.7. The van der Waals surface area contributed by atoms with Gasteiger partial charge in [-0.2, -0.15) is 0 Å². The third-order valence-electron chi connectivity index (χ3n) is 6.09. The third kappa shape index (κ3) is 3.93. The Kier molecular flexibility index (Phi) is 6.38. The molecule has 0 saturated carbocycles. The number of nitrogens with zero attached hydrogens (tertiary/aromatic N) is 1. The molecule has 2 aromatic rings. The summed E-state index contributed by atoms with van der Waals surface area (Å²) in [6.07, 6.45) is 2.80. The number of carbonyl (C=O) groups excluding carboxylic acids is 2. The van der Waals surface area contributed by atoms with E-state index < -0.39 is 11.9 Å². The van der Waals surface area contributed by atoms with Gasteiger partial charge in [0.05, 0.1) is 18.1 Å². The maximum atomic E-state index is 13.3. The van der Waals surface area contributed by atoms with Gasteiger partial charge in [0.1, 0.15) is 5.82 Å². The second-order valence-electron chi connectivity index (χ2n) is 8.00. The average Bonchev–Trinajstić information content (AvgIpc) is 2.79. The standard InChI is InChI=1S/C26H27ClN2O3/c1-3-16-8-10-17(11-9-16)22-23-20(6-5-7-21(23)30)29(19-14-12-18(27)13-15-19)25(28)24(22)26(31)32-4-2/h8-15,22H,3-7,28H2,1-2H3/t22-/m0/s1. The first-order chi connectivity index (χ1) is 15.5. The van der Waals surface area contributed by atoms with Crippen LogP contribution in [0.4, 0.5) is 5.69 Å². The van der Waals surface area contributed by atoms with Gasteiger partial charge in [0.25, 0.3) is 0 Å². The number of nitrogens with two attached hydrogens (primary N) is 1. The number of hydrogen-bond donors (Lipinski definition) is 1. The topological polar surface area (TPSA) is 72.6 Å². The summed E-state index contributed by atoms with van der Waals surface area (Å²) >= 11 is 6.09. The van der Waals surface area contributed by atoms with Crippen molar-refractivity contribution in [3.63, 3.8) is 0 Å². The first-order valence-electron chi connectivity index (χ1n) is 11.0. The van der Waals surface area contributed by atoms with E-state index in [-0.39, 0.29) is 12.4 Å². The van der Waals surface area contributed by atoms with Crippen molar-refractivity contribution in [2.24, 2.45) is 5.73 Å². The van der Waals surface area contributed by atoms with Gasteiger partial charge in [-0.15, -0.1) is 0 Å². The summed E-state index contributed by atoms with van der Waals surface area (Å²) in [6, 6.07) is 15.3. The number of halogens is 1. The van der Waals surface area contributed by atoms with Crippen molar-refractivity contribution in [3.8, 4) is 0 Å². The lowest BCUT2D eigenvalue weighted by atomic mass is 9.75. The summed E-state index contributed by atoms with van der Waals surface area (Å²) < 4.78 is 5.41. The predicted molar refractivity (Wildman–Crippen MR) is 126 cm³/mol. The van der Waals surface area contributed by atoms with Gasteiger partial charge in [-0.3, -0.25) is 9.69 Å². The van der Waals surface area contributed by atoms with E-state index in [2.05, 4.69) is 6.92 Å². The molecule has 0 bridgehead atoms. The van der Waals surface area contributed by atoms with E-state index in [1.807, 2.05) is 41.3 Å². The number of rotatable bonds is 5. The molecule has 1 aliphatic heterocycles. The van der Waals surface area contributed by atoms with Crippen LogP contribution in [0.1, 0.15) is 50.2 Å². The molecule has 0 radical (unpaired) electrons. The van der Waals surface area contributed by atoms with Gasteiger partial charge < -0.3 is 10.5 Å². The van der Waals surface area contributed by atoms with Crippen LogP contribution in [0, 0.1) is 0 Å². The van der Waals surface area contributed by atoms with E-state index in [1.165, 1.54) is 5.56 Å². The smallest absolute Gasteiger partial charge is 0.338 e. The first-order valence-corrected chi connectivity index (χ1v) is 11.4. The largest absolute Gasteiger partial charge is 0.463 e. The number of anilines is 1. The molecule has 0 amide bonds. The molecule has 32 heavy (non-hydrogen) atoms. The van der Waals surface area contributed by atoms with E-state index in [4.69, 9.17) is 22.1 Å². The van der Waals surface area contributed by atoms with Gasteiger partial charge >= 0.3 is 5.97 Å². The molecule has 0 fully saturated rings. The summed E-state index contributed by atoms with van der Waals surface area (Å²) in [5.41, 5.74) is 11.3. The van der Waals surface area contributed by atoms with Crippen LogP contribution in [0.25, 0.3) is 0 Å². The van der Waals surface area contributed by atoms with E-state index in [0.29, 0.717) is 34.8 Å². The average molecular weight is 451 g/mol. The fourth-order valence-corrected chi connectivity index (χ4v) is 4.69. The lowest BCUT2D eigenvalue weighted by Crippen LogP contribution is -2.41. The number of hydrogen-bond acceptors (Lipinski definition) is 5. The van der Waals surface area contributed by atoms with Crippen molar-refractivity contribution in [2.75, 3.05) is 11.5 Å². The van der Waals surface area contributed by atoms with Crippen LogP contribution in [-0.2, 0) is 20.7 Å². The van der Waals surface area contributed by atoms with Crippen LogP contribution < -0.4 is 10.6 Å². The molecule has 1 aliphatic carbocycles. The molecule has 6 heteroatoms. The monoisotopic (exact) mass is 450 g/mol. The summed E-state index contributed by atoms with van der Waals surface area (Å²) in [4.78, 5) is 28.3. The van der Waals surface area contributed by atoms with Gasteiger partial charge in [-0.25, -0.2) is 4.79 Å². The Morgan fingerprint density at radius 1 is 1.09 bits per heavy atom. The number of Topliss-reactive ketones (excluding diaryl/α,β-unsaturated/α-hetero) is 1. The maximum Gasteiger partial charge on any atom is 0.338 e. The number of benzene rings is 2. The van der Waals surface area contributed by atoms with Crippen LogP contribution in [0.15, 0.2) is 71.2 Å². The van der Waals surface area contributed by atoms with Crippen LogP contribution in [0.3, 0.4) is 0 Å². The highest BCUT2D eigenvalue weighted by molar-refractivity contribution is 6.30. The molecule has 2 aromatic carbocycles. The maximum absolute atomic E-state index is 13.3. The van der Waals surface area contributed by atoms with E-state index in [1.54, 1.807) is 19.1 Å². The van der Waals surface area contributed by atoms with Crippen molar-refractivity contribution in [1.82, 2.24) is 0 Å². The molecule has 0 unspecified atom stereocenters. The highest BCUT2D eigenvalue weighted by Gasteiger charge is 2.43. The molecule has 5 nitrogen and oxygen atoms in total. The Hall–Kier alpha value is -3.05. The number of carbonyl (C=O) groups is 2. The lowest BCUT2D eigenvalue weighted by molar-refractivity contribution is -0.138. The molecule has 166 valence electrons. The zero-order chi connectivity index (χ0) is 22.8. The second-order valence-corrected chi connectivity index (χ2v) is 8.43. The van der Waals surface area contributed by atoms with Crippen LogP contribution >= 0.6 is 11.6 Å². The Bertz CT molecular complexity index is 1100. The first kappa shape index (κ1) is 22.2. The molecule has 0 saturated heterocycles. The number of aryl methyl sites for hydroxylation is 1. The molecule has 2 N–H and O–H groups in total. The molecule has 0 spiro atoms. The Labute approximate surface area is 193 Å². The van der Waals surface area contributed by atoms with Gasteiger partial charge in [-0.05, 0) is 61.6 Å². The van der Waals surface area contributed by atoms with Crippen molar-refractivity contribution in [3.05, 3.63) is 87.3 Å². The minimum absolute atomic E-state index is 0.0454. The predicted octanol–water partition coefficient (Wildman–Crippen LogP) is 5.25. The summed E-state index contributed by atoms with van der Waals surface area (Å²) in [6.45, 7) is 4.07. The number of ketones is 1. The molecule has 0 aromatic heterocycles. The third-order valence-corrected chi connectivity index (χ3v) is 6.35. The fraction of sp³-hybridized carbons (Fsp3) is 0.308. The van der Waals surface area contributed by atoms with Crippen LogP contribution in [0.5, 0.6) is 0 Å². The number of allylic oxidation sites excluding steroid dienone is 2. The summed E-state index contributed by atoms with van der Waals surface area (Å²) in [5.74, 6) is -0.711. The zero-order valence-electron chi connectivity index (χ0n) is 18.4. The number of ether oxygens (including phenoxy) is 1. The summed E-state index contributed by atoms with van der Waals surface area (Å²) in [5, 5.41) is 0.599. The quantitative estimate of drug-likeness (QED) is 0.630. The van der Waals surface area contributed by atoms with E-state index in [9.17, 15) is 9.59 Å². The van der Waals surface area contributed by atoms with E-state index >= 15 is 0 Å². The molecule has 1 atom stereocenters. The highest BCUT2D eigenvalue weighted by Crippen LogP contribution is 2.46. The molecule has 1 heterocycles. The van der Waals surface area contributed by atoms with Crippen molar-refractivity contribution < 1.29 is 14.3 Å². The second kappa shape index (κ2) is 9.21. The SMILES string of the molecule is CCOC(=O)C1=C(N)N(c2ccc(Cl)cc2)C2=C(C(=O)CCC2)[C@@H]1c1ccc(CC)cc1. The minimum atomic E-state index is -0.550. The Balaban J connectivity index is 1.96. The van der Waals surface area contributed by atoms with Crippen molar-refractivity contribution >= 4 is 29.0 Å². The Morgan fingerprint density at radius 2 is 1.78 bits per heavy atom. The minimum Gasteiger partial charge on any atom is -0.463 e. The lowest BCUT2D eigenvalue weighted by Gasteiger charge is -2.40. The molecule has 4 rings (SSSR count).